The first-order valence-electron chi connectivity index (χ1n) is 8.71. The zero-order valence-electron chi connectivity index (χ0n) is 14.4. The van der Waals surface area contributed by atoms with Gasteiger partial charge in [-0.25, -0.2) is 0 Å². The van der Waals surface area contributed by atoms with Gasteiger partial charge in [0.1, 0.15) is 0 Å². The molecule has 1 saturated heterocycles. The van der Waals surface area contributed by atoms with Gasteiger partial charge >= 0.3 is 0 Å². The number of likely N-dealkylation sites (tertiary alicyclic amines) is 1. The summed E-state index contributed by atoms with van der Waals surface area (Å²) >= 11 is 1.74. The Balaban J connectivity index is 1.70. The third-order valence-corrected chi connectivity index (χ3v) is 5.91. The van der Waals surface area contributed by atoms with Gasteiger partial charge in [-0.05, 0) is 30.4 Å². The van der Waals surface area contributed by atoms with Crippen molar-refractivity contribution in [1.29, 1.82) is 0 Å². The van der Waals surface area contributed by atoms with Crippen LogP contribution in [0.4, 0.5) is 0 Å². The lowest BCUT2D eigenvalue weighted by molar-refractivity contribution is 0.0739. The fourth-order valence-corrected chi connectivity index (χ4v) is 4.61. The monoisotopic (exact) mass is 354 g/mol. The van der Waals surface area contributed by atoms with E-state index in [1.54, 1.807) is 18.4 Å². The van der Waals surface area contributed by atoms with Gasteiger partial charge in [0.2, 0.25) is 0 Å². The molecule has 2 aromatic heterocycles. The zero-order valence-corrected chi connectivity index (χ0v) is 15.2. The smallest absolute Gasteiger partial charge is 0.256 e. The van der Waals surface area contributed by atoms with Crippen LogP contribution in [0.2, 0.25) is 0 Å². The minimum absolute atomic E-state index is 0.142. The zero-order chi connectivity index (χ0) is 17.2. The van der Waals surface area contributed by atoms with Gasteiger partial charge in [-0.15, -0.1) is 11.3 Å². The van der Waals surface area contributed by atoms with Gasteiger partial charge in [-0.2, -0.15) is 0 Å². The van der Waals surface area contributed by atoms with E-state index in [2.05, 4.69) is 28.1 Å². The molecule has 1 atom stereocenters. The molecule has 1 amide bonds. The summed E-state index contributed by atoms with van der Waals surface area (Å²) < 4.78 is 7.34. The summed E-state index contributed by atoms with van der Waals surface area (Å²) in [6.07, 6.45) is 4.11. The SMILES string of the molecule is COCCn1cc(C(=O)N2CCCC2c2cccs2)c2ccccc21. The average Bonchev–Trinajstić information content (AvgIpc) is 3.38. The van der Waals surface area contributed by atoms with Gasteiger partial charge in [0.05, 0.1) is 18.2 Å². The highest BCUT2D eigenvalue weighted by molar-refractivity contribution is 7.10. The van der Waals surface area contributed by atoms with E-state index in [1.165, 1.54) is 4.88 Å². The molecule has 0 spiro atoms. The Morgan fingerprint density at radius 2 is 2.16 bits per heavy atom. The van der Waals surface area contributed by atoms with E-state index in [4.69, 9.17) is 4.74 Å². The summed E-state index contributed by atoms with van der Waals surface area (Å²) in [6, 6.07) is 12.6. The Morgan fingerprint density at radius 1 is 1.28 bits per heavy atom. The first kappa shape index (κ1) is 16.4. The van der Waals surface area contributed by atoms with Crippen molar-refractivity contribution in [2.75, 3.05) is 20.3 Å². The molecular weight excluding hydrogens is 332 g/mol. The summed E-state index contributed by atoms with van der Waals surface area (Å²) in [5.41, 5.74) is 1.89. The molecule has 1 aliphatic heterocycles. The summed E-state index contributed by atoms with van der Waals surface area (Å²) in [5.74, 6) is 0.142. The Morgan fingerprint density at radius 3 is 2.96 bits per heavy atom. The van der Waals surface area contributed by atoms with Crippen molar-refractivity contribution in [1.82, 2.24) is 9.47 Å². The van der Waals surface area contributed by atoms with Crippen LogP contribution in [-0.2, 0) is 11.3 Å². The lowest BCUT2D eigenvalue weighted by Crippen LogP contribution is -2.30. The van der Waals surface area contributed by atoms with Crippen LogP contribution in [0.5, 0.6) is 0 Å². The minimum Gasteiger partial charge on any atom is -0.383 e. The molecule has 1 unspecified atom stereocenters. The Labute approximate surface area is 151 Å². The number of ether oxygens (including phenoxy) is 1. The lowest BCUT2D eigenvalue weighted by atomic mass is 10.1. The number of benzene rings is 1. The lowest BCUT2D eigenvalue weighted by Gasteiger charge is -2.23. The number of carbonyl (C=O) groups is 1. The molecule has 0 saturated carbocycles. The van der Waals surface area contributed by atoms with Gasteiger partial charge in [0.15, 0.2) is 0 Å². The number of aromatic nitrogens is 1. The molecule has 1 aromatic carbocycles. The number of para-hydroxylation sites is 1. The Bertz CT molecular complexity index is 869. The molecule has 0 bridgehead atoms. The fraction of sp³-hybridized carbons (Fsp3) is 0.350. The highest BCUT2D eigenvalue weighted by atomic mass is 32.1. The quantitative estimate of drug-likeness (QED) is 0.684. The van der Waals surface area contributed by atoms with Crippen LogP contribution in [0.25, 0.3) is 10.9 Å². The molecule has 1 fully saturated rings. The molecule has 3 heterocycles. The van der Waals surface area contributed by atoms with Gasteiger partial charge in [0, 0.05) is 42.2 Å². The second-order valence-electron chi connectivity index (χ2n) is 6.42. The molecule has 4 rings (SSSR count). The third kappa shape index (κ3) is 2.98. The second kappa shape index (κ2) is 7.02. The van der Waals surface area contributed by atoms with E-state index in [0.717, 1.165) is 42.4 Å². The molecule has 0 radical (unpaired) electrons. The van der Waals surface area contributed by atoms with E-state index in [-0.39, 0.29) is 11.9 Å². The van der Waals surface area contributed by atoms with E-state index >= 15 is 0 Å². The van der Waals surface area contributed by atoms with Crippen molar-refractivity contribution < 1.29 is 9.53 Å². The predicted octanol–water partition coefficient (Wildman–Crippen LogP) is 4.33. The molecule has 0 N–H and O–H groups in total. The van der Waals surface area contributed by atoms with Crippen LogP contribution in [0, 0.1) is 0 Å². The number of amides is 1. The largest absolute Gasteiger partial charge is 0.383 e. The Hall–Kier alpha value is -2.11. The van der Waals surface area contributed by atoms with E-state index in [1.807, 2.05) is 29.3 Å². The van der Waals surface area contributed by atoms with Gasteiger partial charge in [0.25, 0.3) is 5.91 Å². The maximum atomic E-state index is 13.3. The van der Waals surface area contributed by atoms with Crippen molar-refractivity contribution in [2.45, 2.75) is 25.4 Å². The molecule has 4 nitrogen and oxygen atoms in total. The van der Waals surface area contributed by atoms with Gasteiger partial charge in [-0.3, -0.25) is 4.79 Å². The van der Waals surface area contributed by atoms with Crippen LogP contribution in [0.1, 0.15) is 34.1 Å². The minimum atomic E-state index is 0.142. The molecule has 1 aliphatic rings. The highest BCUT2D eigenvalue weighted by Gasteiger charge is 2.32. The summed E-state index contributed by atoms with van der Waals surface area (Å²) in [6.45, 7) is 2.21. The van der Waals surface area contributed by atoms with Crippen LogP contribution >= 0.6 is 11.3 Å². The topological polar surface area (TPSA) is 34.5 Å². The molecule has 3 aromatic rings. The first-order chi connectivity index (χ1) is 12.3. The molecule has 130 valence electrons. The predicted molar refractivity (Wildman–Crippen MR) is 101 cm³/mol. The summed E-state index contributed by atoms with van der Waals surface area (Å²) in [5, 5.41) is 3.12. The number of carbonyl (C=O) groups excluding carboxylic acids is 1. The van der Waals surface area contributed by atoms with Crippen molar-refractivity contribution in [3.63, 3.8) is 0 Å². The summed E-state index contributed by atoms with van der Waals surface area (Å²) in [7, 11) is 1.70. The van der Waals surface area contributed by atoms with Crippen molar-refractivity contribution in [3.8, 4) is 0 Å². The van der Waals surface area contributed by atoms with E-state index in [0.29, 0.717) is 6.61 Å². The van der Waals surface area contributed by atoms with Crippen LogP contribution in [-0.4, -0.2) is 35.6 Å². The van der Waals surface area contributed by atoms with Gasteiger partial charge < -0.3 is 14.2 Å². The number of fused-ring (bicyclic) bond motifs is 1. The molecule has 5 heteroatoms. The van der Waals surface area contributed by atoms with Crippen LogP contribution in [0.15, 0.2) is 48.0 Å². The number of nitrogens with zero attached hydrogens (tertiary/aromatic N) is 2. The van der Waals surface area contributed by atoms with Crippen LogP contribution < -0.4 is 0 Å². The normalized spacial score (nSPS) is 17.5. The number of rotatable bonds is 5. The first-order valence-corrected chi connectivity index (χ1v) is 9.58. The second-order valence-corrected chi connectivity index (χ2v) is 7.40. The fourth-order valence-electron chi connectivity index (χ4n) is 3.73. The van der Waals surface area contributed by atoms with Crippen molar-refractivity contribution in [2.24, 2.45) is 0 Å². The molecular formula is C20H22N2O2S. The number of hydrogen-bond acceptors (Lipinski definition) is 3. The van der Waals surface area contributed by atoms with Crippen LogP contribution in [0.3, 0.4) is 0 Å². The number of hydrogen-bond donors (Lipinski definition) is 0. The maximum absolute atomic E-state index is 13.3. The van der Waals surface area contributed by atoms with Crippen molar-refractivity contribution >= 4 is 28.1 Å². The van der Waals surface area contributed by atoms with Gasteiger partial charge in [-0.1, -0.05) is 24.3 Å². The maximum Gasteiger partial charge on any atom is 0.256 e. The number of methoxy groups -OCH3 is 1. The number of thiophene rings is 1. The van der Waals surface area contributed by atoms with E-state index < -0.39 is 0 Å². The Kier molecular flexibility index (Phi) is 4.59. The average molecular weight is 354 g/mol. The van der Waals surface area contributed by atoms with E-state index in [9.17, 15) is 4.79 Å². The third-order valence-electron chi connectivity index (χ3n) is 4.94. The van der Waals surface area contributed by atoms with Crippen molar-refractivity contribution in [3.05, 3.63) is 58.4 Å². The standard InChI is InChI=1S/C20H22N2O2S/c1-24-12-11-21-14-16(15-6-2-3-7-17(15)21)20(23)22-10-4-8-18(22)19-9-5-13-25-19/h2-3,5-7,9,13-14,18H,4,8,10-12H2,1H3. The molecule has 25 heavy (non-hydrogen) atoms. The summed E-state index contributed by atoms with van der Waals surface area (Å²) in [4.78, 5) is 16.7. The molecule has 0 aliphatic carbocycles. The highest BCUT2D eigenvalue weighted by Crippen LogP contribution is 2.36.